The molecule has 1 N–H and O–H groups in total. The van der Waals surface area contributed by atoms with Crippen molar-refractivity contribution in [2.75, 3.05) is 13.3 Å². The van der Waals surface area contributed by atoms with Gasteiger partial charge in [0.15, 0.2) is 11.5 Å². The Balaban J connectivity index is 1.39. The maximum Gasteiger partial charge on any atom is 0.244 e. The summed E-state index contributed by atoms with van der Waals surface area (Å²) in [6, 6.07) is 10.8. The van der Waals surface area contributed by atoms with Crippen LogP contribution in [-0.2, 0) is 4.79 Å². The Kier molecular flexibility index (Phi) is 4.42. The lowest BCUT2D eigenvalue weighted by molar-refractivity contribution is -0.116. The highest BCUT2D eigenvalue weighted by molar-refractivity contribution is 5.91. The SMILES string of the molecule is O=C(/C=C/c1ccc2c(c1)OCO2)NC[C@@H](c1ccco1)n1cccn1. The molecule has 2 aromatic heterocycles. The lowest BCUT2D eigenvalue weighted by atomic mass is 10.2. The van der Waals surface area contributed by atoms with E-state index in [2.05, 4.69) is 10.4 Å². The molecular weight excluding hydrogens is 334 g/mol. The van der Waals surface area contributed by atoms with Gasteiger partial charge in [0.2, 0.25) is 12.7 Å². The van der Waals surface area contributed by atoms with Crippen LogP contribution >= 0.6 is 0 Å². The summed E-state index contributed by atoms with van der Waals surface area (Å²) in [6.45, 7) is 0.587. The van der Waals surface area contributed by atoms with Crippen LogP contribution in [0.5, 0.6) is 11.5 Å². The fourth-order valence-corrected chi connectivity index (χ4v) is 2.72. The molecule has 0 saturated heterocycles. The van der Waals surface area contributed by atoms with Crippen molar-refractivity contribution in [1.29, 1.82) is 0 Å². The Bertz CT molecular complexity index is 867. The van der Waals surface area contributed by atoms with Crippen molar-refractivity contribution >= 4 is 12.0 Å². The average molecular weight is 351 g/mol. The standard InChI is InChI=1S/C19H17N3O4/c23-19(7-5-14-4-6-17-18(11-14)26-13-25-17)20-12-15(16-3-1-10-24-16)22-9-2-8-21-22/h1-11,15H,12-13H2,(H,20,23)/b7-5+/t15-/m0/s1. The normalized spacial score (nSPS) is 13.8. The second-order valence-electron chi connectivity index (χ2n) is 5.71. The number of rotatable bonds is 6. The zero-order valence-electron chi connectivity index (χ0n) is 13.9. The second kappa shape index (κ2) is 7.18. The number of aromatic nitrogens is 2. The maximum absolute atomic E-state index is 12.2. The van der Waals surface area contributed by atoms with E-state index in [0.29, 0.717) is 18.0 Å². The molecule has 1 aliphatic heterocycles. The highest BCUT2D eigenvalue weighted by atomic mass is 16.7. The Morgan fingerprint density at radius 1 is 1.27 bits per heavy atom. The minimum atomic E-state index is -0.206. The predicted molar refractivity (Wildman–Crippen MR) is 93.7 cm³/mol. The highest BCUT2D eigenvalue weighted by Crippen LogP contribution is 2.32. The lowest BCUT2D eigenvalue weighted by Crippen LogP contribution is -2.30. The van der Waals surface area contributed by atoms with Crippen molar-refractivity contribution in [2.24, 2.45) is 0 Å². The van der Waals surface area contributed by atoms with Crippen molar-refractivity contribution in [2.45, 2.75) is 6.04 Å². The molecule has 1 aliphatic rings. The van der Waals surface area contributed by atoms with Crippen molar-refractivity contribution in [3.05, 3.63) is 72.5 Å². The summed E-state index contributed by atoms with van der Waals surface area (Å²) < 4.78 is 17.8. The minimum Gasteiger partial charge on any atom is -0.467 e. The van der Waals surface area contributed by atoms with Crippen LogP contribution in [0.1, 0.15) is 17.4 Å². The summed E-state index contributed by atoms with van der Waals surface area (Å²) in [4.78, 5) is 12.2. The number of fused-ring (bicyclic) bond motifs is 1. The smallest absolute Gasteiger partial charge is 0.244 e. The fourth-order valence-electron chi connectivity index (χ4n) is 2.72. The molecule has 0 unspecified atom stereocenters. The number of carbonyl (C=O) groups excluding carboxylic acids is 1. The molecule has 0 saturated carbocycles. The number of furan rings is 1. The van der Waals surface area contributed by atoms with E-state index in [-0.39, 0.29) is 18.7 Å². The Morgan fingerprint density at radius 2 is 2.19 bits per heavy atom. The fraction of sp³-hybridized carbons (Fsp3) is 0.158. The molecule has 0 fully saturated rings. The molecule has 3 heterocycles. The van der Waals surface area contributed by atoms with Crippen LogP contribution in [-0.4, -0.2) is 29.0 Å². The molecule has 0 spiro atoms. The van der Waals surface area contributed by atoms with Crippen molar-refractivity contribution in [3.8, 4) is 11.5 Å². The van der Waals surface area contributed by atoms with E-state index in [1.54, 1.807) is 23.2 Å². The number of nitrogens with one attached hydrogen (secondary N) is 1. The van der Waals surface area contributed by atoms with E-state index in [9.17, 15) is 4.79 Å². The third-order valence-electron chi connectivity index (χ3n) is 4.01. The van der Waals surface area contributed by atoms with Crippen LogP contribution < -0.4 is 14.8 Å². The Morgan fingerprint density at radius 3 is 3.00 bits per heavy atom. The van der Waals surface area contributed by atoms with Crippen LogP contribution in [0, 0.1) is 0 Å². The third-order valence-corrected chi connectivity index (χ3v) is 4.01. The summed E-state index contributed by atoms with van der Waals surface area (Å²) in [5.74, 6) is 1.93. The van der Waals surface area contributed by atoms with Crippen LogP contribution in [0.15, 0.2) is 65.5 Å². The van der Waals surface area contributed by atoms with Crippen LogP contribution in [0.25, 0.3) is 6.08 Å². The zero-order chi connectivity index (χ0) is 17.8. The van der Waals surface area contributed by atoms with Gasteiger partial charge in [-0.3, -0.25) is 9.48 Å². The second-order valence-corrected chi connectivity index (χ2v) is 5.71. The molecule has 1 aromatic carbocycles. The monoisotopic (exact) mass is 351 g/mol. The number of hydrogen-bond donors (Lipinski definition) is 1. The lowest BCUT2D eigenvalue weighted by Gasteiger charge is -2.15. The van der Waals surface area contributed by atoms with Gasteiger partial charge in [0.25, 0.3) is 0 Å². The number of hydrogen-bond acceptors (Lipinski definition) is 5. The van der Waals surface area contributed by atoms with Gasteiger partial charge in [-0.25, -0.2) is 0 Å². The van der Waals surface area contributed by atoms with Gasteiger partial charge in [-0.15, -0.1) is 0 Å². The van der Waals surface area contributed by atoms with Gasteiger partial charge in [-0.05, 0) is 42.0 Å². The topological polar surface area (TPSA) is 78.5 Å². The van der Waals surface area contributed by atoms with Gasteiger partial charge in [0, 0.05) is 25.0 Å². The van der Waals surface area contributed by atoms with E-state index >= 15 is 0 Å². The summed E-state index contributed by atoms with van der Waals surface area (Å²) >= 11 is 0. The molecule has 0 aliphatic carbocycles. The van der Waals surface area contributed by atoms with Crippen molar-refractivity contribution in [1.82, 2.24) is 15.1 Å². The van der Waals surface area contributed by atoms with Crippen LogP contribution in [0.4, 0.5) is 0 Å². The number of ether oxygens (including phenoxy) is 2. The maximum atomic E-state index is 12.2. The summed E-state index contributed by atoms with van der Waals surface area (Å²) in [5.41, 5.74) is 0.860. The van der Waals surface area contributed by atoms with Gasteiger partial charge in [-0.1, -0.05) is 6.07 Å². The number of amides is 1. The highest BCUT2D eigenvalue weighted by Gasteiger charge is 2.17. The van der Waals surface area contributed by atoms with Gasteiger partial charge in [0.1, 0.15) is 11.8 Å². The molecule has 7 nitrogen and oxygen atoms in total. The first-order chi connectivity index (χ1) is 12.8. The number of carbonyl (C=O) groups is 1. The number of nitrogens with zero attached hydrogens (tertiary/aromatic N) is 2. The number of benzene rings is 1. The molecule has 1 atom stereocenters. The van der Waals surface area contributed by atoms with E-state index in [1.165, 1.54) is 6.08 Å². The first-order valence-electron chi connectivity index (χ1n) is 8.18. The van der Waals surface area contributed by atoms with Gasteiger partial charge < -0.3 is 19.2 Å². The molecule has 26 heavy (non-hydrogen) atoms. The zero-order valence-corrected chi connectivity index (χ0v) is 13.9. The largest absolute Gasteiger partial charge is 0.467 e. The summed E-state index contributed by atoms with van der Waals surface area (Å²) in [6.07, 6.45) is 8.35. The quantitative estimate of drug-likeness (QED) is 0.691. The Labute approximate surface area is 149 Å². The molecule has 4 rings (SSSR count). The van der Waals surface area contributed by atoms with Gasteiger partial charge in [-0.2, -0.15) is 5.10 Å². The van der Waals surface area contributed by atoms with Crippen LogP contribution in [0.3, 0.4) is 0 Å². The summed E-state index contributed by atoms with van der Waals surface area (Å²) in [5, 5.41) is 7.12. The molecular formula is C19H17N3O4. The third kappa shape index (κ3) is 3.46. The first-order valence-corrected chi connectivity index (χ1v) is 8.18. The van der Waals surface area contributed by atoms with E-state index in [0.717, 1.165) is 11.3 Å². The van der Waals surface area contributed by atoms with Crippen molar-refractivity contribution < 1.29 is 18.7 Å². The van der Waals surface area contributed by atoms with E-state index < -0.39 is 0 Å². The summed E-state index contributed by atoms with van der Waals surface area (Å²) in [7, 11) is 0. The Hall–Kier alpha value is -3.48. The first kappa shape index (κ1) is 16.0. The molecule has 132 valence electrons. The molecule has 0 radical (unpaired) electrons. The molecule has 3 aromatic rings. The molecule has 1 amide bonds. The predicted octanol–water partition coefficient (Wildman–Crippen LogP) is 2.62. The van der Waals surface area contributed by atoms with E-state index in [4.69, 9.17) is 13.9 Å². The molecule has 0 bridgehead atoms. The van der Waals surface area contributed by atoms with E-state index in [1.807, 2.05) is 42.6 Å². The van der Waals surface area contributed by atoms with Crippen molar-refractivity contribution in [3.63, 3.8) is 0 Å². The molecule has 7 heteroatoms. The average Bonchev–Trinajstić information content (AvgIpc) is 3.41. The van der Waals surface area contributed by atoms with Gasteiger partial charge in [0.05, 0.1) is 6.26 Å². The van der Waals surface area contributed by atoms with Crippen LogP contribution in [0.2, 0.25) is 0 Å². The van der Waals surface area contributed by atoms with Gasteiger partial charge >= 0.3 is 0 Å². The minimum absolute atomic E-state index is 0.202.